The molecule has 0 spiro atoms. The van der Waals surface area contributed by atoms with Gasteiger partial charge in [0.15, 0.2) is 5.76 Å². The summed E-state index contributed by atoms with van der Waals surface area (Å²) in [6.07, 6.45) is 7.51. The first-order valence-electron chi connectivity index (χ1n) is 12.0. The number of aromatic nitrogens is 2. The number of hydrogen-bond donors (Lipinski definition) is 0. The third kappa shape index (κ3) is 4.24. The van der Waals surface area contributed by atoms with Gasteiger partial charge in [0, 0.05) is 31.2 Å². The number of benzene rings is 1. The molecule has 2 saturated heterocycles. The van der Waals surface area contributed by atoms with Crippen LogP contribution in [-0.4, -0.2) is 51.2 Å². The molecular formula is C26H30N4O3. The molecule has 5 rings (SSSR count). The van der Waals surface area contributed by atoms with E-state index in [1.807, 2.05) is 47.9 Å². The van der Waals surface area contributed by atoms with Crippen molar-refractivity contribution in [3.8, 4) is 0 Å². The van der Waals surface area contributed by atoms with Gasteiger partial charge in [0.25, 0.3) is 11.8 Å². The second-order valence-electron chi connectivity index (χ2n) is 9.23. The molecule has 33 heavy (non-hydrogen) atoms. The number of likely N-dealkylation sites (tertiary alicyclic amines) is 2. The Labute approximate surface area is 193 Å². The Morgan fingerprint density at radius 3 is 2.58 bits per heavy atom. The van der Waals surface area contributed by atoms with Gasteiger partial charge >= 0.3 is 0 Å². The summed E-state index contributed by atoms with van der Waals surface area (Å²) in [5, 5.41) is 0.922. The molecule has 0 saturated carbocycles. The second-order valence-corrected chi connectivity index (χ2v) is 9.23. The largest absolute Gasteiger partial charge is 0.451 e. The number of nitrogens with zero attached hydrogens (tertiary/aromatic N) is 4. The van der Waals surface area contributed by atoms with E-state index in [9.17, 15) is 9.59 Å². The molecule has 2 fully saturated rings. The molecule has 7 heteroatoms. The first-order chi connectivity index (χ1) is 16.0. The average molecular weight is 447 g/mol. The minimum Gasteiger partial charge on any atom is -0.451 e. The highest BCUT2D eigenvalue weighted by Gasteiger charge is 2.35. The monoisotopic (exact) mass is 446 g/mol. The summed E-state index contributed by atoms with van der Waals surface area (Å²) >= 11 is 0. The summed E-state index contributed by atoms with van der Waals surface area (Å²) in [5.74, 6) is 0.762. The van der Waals surface area contributed by atoms with Crippen LogP contribution in [0.1, 0.15) is 82.6 Å². The highest BCUT2D eigenvalue weighted by Crippen LogP contribution is 2.34. The van der Waals surface area contributed by atoms with E-state index in [2.05, 4.69) is 4.98 Å². The Hall–Kier alpha value is -3.22. The zero-order chi connectivity index (χ0) is 22.9. The molecule has 172 valence electrons. The summed E-state index contributed by atoms with van der Waals surface area (Å²) in [5.41, 5.74) is 3.01. The SMILES string of the molecule is Cc1ccc2oc(C(=O)N3CCCC[C@@H]3c3nc(C)ncc3C(=O)N3CCCCC3)cc2c1. The quantitative estimate of drug-likeness (QED) is 0.576. The predicted octanol–water partition coefficient (Wildman–Crippen LogP) is 4.83. The third-order valence-electron chi connectivity index (χ3n) is 6.77. The van der Waals surface area contributed by atoms with Gasteiger partial charge < -0.3 is 14.2 Å². The third-order valence-corrected chi connectivity index (χ3v) is 6.77. The van der Waals surface area contributed by atoms with E-state index in [4.69, 9.17) is 9.40 Å². The van der Waals surface area contributed by atoms with Crippen LogP contribution in [0.3, 0.4) is 0 Å². The number of aryl methyl sites for hydroxylation is 2. The molecule has 2 aliphatic rings. The van der Waals surface area contributed by atoms with Gasteiger partial charge in [0.05, 0.1) is 17.3 Å². The number of carbonyl (C=O) groups excluding carboxylic acids is 2. The minimum absolute atomic E-state index is 0.0260. The average Bonchev–Trinajstić information content (AvgIpc) is 3.27. The van der Waals surface area contributed by atoms with Crippen LogP contribution in [0.2, 0.25) is 0 Å². The second kappa shape index (κ2) is 8.96. The van der Waals surface area contributed by atoms with Gasteiger partial charge in [-0.05, 0) is 70.6 Å². The standard InChI is InChI=1S/C26H30N4O3/c1-17-9-10-22-19(14-17)15-23(33-22)26(32)30-13-7-4-8-21(30)24-20(16-27-18(2)28-24)25(31)29-11-5-3-6-12-29/h9-10,14-16,21H,3-8,11-13H2,1-2H3/t21-/m1/s1. The van der Waals surface area contributed by atoms with Crippen molar-refractivity contribution in [3.63, 3.8) is 0 Å². The van der Waals surface area contributed by atoms with Crippen molar-refractivity contribution in [2.24, 2.45) is 0 Å². The Bertz CT molecular complexity index is 1200. The van der Waals surface area contributed by atoms with Crippen LogP contribution >= 0.6 is 0 Å². The molecule has 2 aliphatic heterocycles. The Morgan fingerprint density at radius 1 is 0.970 bits per heavy atom. The number of hydrogen-bond acceptors (Lipinski definition) is 5. The van der Waals surface area contributed by atoms with Crippen molar-refractivity contribution in [2.45, 2.75) is 58.4 Å². The van der Waals surface area contributed by atoms with Crippen molar-refractivity contribution in [1.82, 2.24) is 19.8 Å². The van der Waals surface area contributed by atoms with Crippen molar-refractivity contribution in [2.75, 3.05) is 19.6 Å². The topological polar surface area (TPSA) is 79.5 Å². The molecule has 2 aromatic heterocycles. The molecule has 2 amide bonds. The molecule has 0 bridgehead atoms. The van der Waals surface area contributed by atoms with Gasteiger partial charge in [-0.15, -0.1) is 0 Å². The van der Waals surface area contributed by atoms with E-state index >= 15 is 0 Å². The molecule has 0 N–H and O–H groups in total. The lowest BCUT2D eigenvalue weighted by atomic mass is 9.95. The number of piperidine rings is 2. The highest BCUT2D eigenvalue weighted by molar-refractivity contribution is 5.98. The van der Waals surface area contributed by atoms with Crippen LogP contribution < -0.4 is 0 Å². The summed E-state index contributed by atoms with van der Waals surface area (Å²) < 4.78 is 5.92. The van der Waals surface area contributed by atoms with Crippen LogP contribution in [0.15, 0.2) is 34.9 Å². The van der Waals surface area contributed by atoms with Crippen molar-refractivity contribution in [1.29, 1.82) is 0 Å². The normalized spacial score (nSPS) is 19.2. The smallest absolute Gasteiger partial charge is 0.290 e. The van der Waals surface area contributed by atoms with Crippen molar-refractivity contribution < 1.29 is 14.0 Å². The van der Waals surface area contributed by atoms with Crippen LogP contribution in [0, 0.1) is 13.8 Å². The molecule has 3 aromatic rings. The minimum atomic E-state index is -0.272. The maximum absolute atomic E-state index is 13.6. The maximum atomic E-state index is 13.6. The van der Waals surface area contributed by atoms with E-state index in [-0.39, 0.29) is 17.9 Å². The van der Waals surface area contributed by atoms with E-state index in [0.29, 0.717) is 35.0 Å². The van der Waals surface area contributed by atoms with Gasteiger partial charge in [0.2, 0.25) is 0 Å². The van der Waals surface area contributed by atoms with Gasteiger partial charge in [-0.3, -0.25) is 9.59 Å². The highest BCUT2D eigenvalue weighted by atomic mass is 16.3. The molecule has 0 radical (unpaired) electrons. The zero-order valence-corrected chi connectivity index (χ0v) is 19.3. The van der Waals surface area contributed by atoms with Crippen LogP contribution in [0.4, 0.5) is 0 Å². The molecule has 0 aliphatic carbocycles. The van der Waals surface area contributed by atoms with E-state index in [0.717, 1.165) is 62.6 Å². The molecule has 4 heterocycles. The lowest BCUT2D eigenvalue weighted by Crippen LogP contribution is -2.41. The van der Waals surface area contributed by atoms with Crippen molar-refractivity contribution in [3.05, 3.63) is 58.9 Å². The summed E-state index contributed by atoms with van der Waals surface area (Å²) in [7, 11) is 0. The number of fused-ring (bicyclic) bond motifs is 1. The van der Waals surface area contributed by atoms with Gasteiger partial charge in [0.1, 0.15) is 11.4 Å². The Morgan fingerprint density at radius 2 is 1.76 bits per heavy atom. The fourth-order valence-corrected chi connectivity index (χ4v) is 5.04. The molecule has 1 atom stereocenters. The van der Waals surface area contributed by atoms with Crippen molar-refractivity contribution >= 4 is 22.8 Å². The zero-order valence-electron chi connectivity index (χ0n) is 19.3. The van der Waals surface area contributed by atoms with Gasteiger partial charge in [-0.25, -0.2) is 9.97 Å². The first-order valence-corrected chi connectivity index (χ1v) is 12.0. The lowest BCUT2D eigenvalue weighted by molar-refractivity contribution is 0.0565. The lowest BCUT2D eigenvalue weighted by Gasteiger charge is -2.36. The van der Waals surface area contributed by atoms with Crippen LogP contribution in [0.5, 0.6) is 0 Å². The fraction of sp³-hybridized carbons (Fsp3) is 0.462. The fourth-order valence-electron chi connectivity index (χ4n) is 5.04. The number of rotatable bonds is 3. The molecule has 7 nitrogen and oxygen atoms in total. The van der Waals surface area contributed by atoms with E-state index < -0.39 is 0 Å². The molecular weight excluding hydrogens is 416 g/mol. The molecule has 1 aromatic carbocycles. The van der Waals surface area contributed by atoms with Crippen LogP contribution in [-0.2, 0) is 0 Å². The number of furan rings is 1. The summed E-state index contributed by atoms with van der Waals surface area (Å²) in [6, 6.07) is 7.45. The van der Waals surface area contributed by atoms with E-state index in [1.165, 1.54) is 0 Å². The first kappa shape index (κ1) is 21.6. The van der Waals surface area contributed by atoms with Crippen LogP contribution in [0.25, 0.3) is 11.0 Å². The maximum Gasteiger partial charge on any atom is 0.290 e. The Balaban J connectivity index is 1.50. The predicted molar refractivity (Wildman–Crippen MR) is 125 cm³/mol. The van der Waals surface area contributed by atoms with Gasteiger partial charge in [-0.1, -0.05) is 11.6 Å². The number of carbonyl (C=O) groups is 2. The van der Waals surface area contributed by atoms with Gasteiger partial charge in [-0.2, -0.15) is 0 Å². The van der Waals surface area contributed by atoms with E-state index in [1.54, 1.807) is 6.20 Å². The summed E-state index contributed by atoms with van der Waals surface area (Å²) in [4.78, 5) is 39.8. The Kier molecular flexibility index (Phi) is 5.87. The summed E-state index contributed by atoms with van der Waals surface area (Å²) in [6.45, 7) is 5.98. The number of amides is 2. The molecule has 0 unspecified atom stereocenters.